The van der Waals surface area contributed by atoms with E-state index in [0.29, 0.717) is 10.8 Å². The number of ketones is 1. The average Bonchev–Trinajstić information content (AvgIpc) is 2.80. The number of aryl methyl sites for hydroxylation is 1. The van der Waals surface area contributed by atoms with Crippen molar-refractivity contribution in [1.29, 1.82) is 0 Å². The number of carbonyl (C=O) groups excluding carboxylic acids is 1. The first kappa shape index (κ1) is 16.1. The van der Waals surface area contributed by atoms with Gasteiger partial charge in [-0.15, -0.1) is 0 Å². The third-order valence-electron chi connectivity index (χ3n) is 5.88. The fraction of sp³-hybridized carbons (Fsp3) is 0.500. The summed E-state index contributed by atoms with van der Waals surface area (Å²) in [5.41, 5.74) is 5.27. The Hall–Kier alpha value is -1.75. The van der Waals surface area contributed by atoms with Crippen molar-refractivity contribution in [1.82, 2.24) is 5.43 Å². The molecule has 0 heterocycles. The van der Waals surface area contributed by atoms with E-state index in [1.165, 1.54) is 5.56 Å². The number of fused-ring (bicyclic) bond motifs is 2. The van der Waals surface area contributed by atoms with E-state index in [0.717, 1.165) is 18.5 Å². The van der Waals surface area contributed by atoms with Crippen LogP contribution in [-0.4, -0.2) is 16.6 Å². The summed E-state index contributed by atoms with van der Waals surface area (Å²) < 4.78 is 0. The van der Waals surface area contributed by atoms with Crippen molar-refractivity contribution in [2.75, 3.05) is 5.32 Å². The van der Waals surface area contributed by atoms with E-state index in [9.17, 15) is 4.79 Å². The molecule has 5 heteroatoms. The van der Waals surface area contributed by atoms with Gasteiger partial charge in [0.2, 0.25) is 0 Å². The monoisotopic (exact) mass is 329 g/mol. The molecule has 2 fully saturated rings. The molecular weight excluding hydrogens is 306 g/mol. The molecule has 0 radical (unpaired) electrons. The molecule has 3 rings (SSSR count). The zero-order valence-electron chi connectivity index (χ0n) is 14.1. The predicted octanol–water partition coefficient (Wildman–Crippen LogP) is 3.66. The van der Waals surface area contributed by atoms with Gasteiger partial charge >= 0.3 is 0 Å². The molecule has 2 N–H and O–H groups in total. The molecule has 2 saturated carbocycles. The molecule has 0 aromatic heterocycles. The first-order chi connectivity index (χ1) is 10.8. The lowest BCUT2D eigenvalue weighted by atomic mass is 9.70. The summed E-state index contributed by atoms with van der Waals surface area (Å²) in [6.45, 7) is 8.46. The summed E-state index contributed by atoms with van der Waals surface area (Å²) in [6, 6.07) is 7.95. The van der Waals surface area contributed by atoms with Gasteiger partial charge < -0.3 is 5.32 Å². The number of hydrazone groups is 1. The van der Waals surface area contributed by atoms with Gasteiger partial charge in [0.15, 0.2) is 10.9 Å². The Morgan fingerprint density at radius 2 is 1.91 bits per heavy atom. The molecule has 0 saturated heterocycles. The van der Waals surface area contributed by atoms with Crippen LogP contribution in [0.3, 0.4) is 0 Å². The third-order valence-corrected chi connectivity index (χ3v) is 6.07. The molecule has 122 valence electrons. The van der Waals surface area contributed by atoms with Gasteiger partial charge in [-0.1, -0.05) is 38.5 Å². The van der Waals surface area contributed by atoms with Crippen molar-refractivity contribution in [2.24, 2.45) is 21.8 Å². The van der Waals surface area contributed by atoms with Gasteiger partial charge in [-0.3, -0.25) is 10.2 Å². The number of anilines is 1. The SMILES string of the molecule is Cc1ccc(NC(=S)N/N=C2/C(=O)[C@]3(C)CC[C@H]2C3(C)C)cc1. The lowest BCUT2D eigenvalue weighted by molar-refractivity contribution is -0.123. The molecule has 0 spiro atoms. The first-order valence-electron chi connectivity index (χ1n) is 8.02. The predicted molar refractivity (Wildman–Crippen MR) is 97.6 cm³/mol. The topological polar surface area (TPSA) is 53.5 Å². The number of carbonyl (C=O) groups is 1. The highest BCUT2D eigenvalue weighted by atomic mass is 32.1. The van der Waals surface area contributed by atoms with Gasteiger partial charge in [-0.05, 0) is 49.5 Å². The van der Waals surface area contributed by atoms with Gasteiger partial charge in [0.1, 0.15) is 5.71 Å². The van der Waals surface area contributed by atoms with E-state index in [-0.39, 0.29) is 22.5 Å². The minimum Gasteiger partial charge on any atom is -0.331 e. The molecule has 1 aromatic rings. The summed E-state index contributed by atoms with van der Waals surface area (Å²) in [4.78, 5) is 12.7. The van der Waals surface area contributed by atoms with Crippen LogP contribution in [0.2, 0.25) is 0 Å². The van der Waals surface area contributed by atoms with Gasteiger partial charge in [-0.2, -0.15) is 5.10 Å². The second-order valence-electron chi connectivity index (χ2n) is 7.40. The van der Waals surface area contributed by atoms with Crippen molar-refractivity contribution in [3.8, 4) is 0 Å². The van der Waals surface area contributed by atoms with Crippen molar-refractivity contribution in [3.05, 3.63) is 29.8 Å². The second kappa shape index (κ2) is 5.41. The number of thiocarbonyl (C=S) groups is 1. The van der Waals surface area contributed by atoms with Crippen LogP contribution in [-0.2, 0) is 4.79 Å². The second-order valence-corrected chi connectivity index (χ2v) is 7.81. The molecule has 2 atom stereocenters. The summed E-state index contributed by atoms with van der Waals surface area (Å²) >= 11 is 5.27. The quantitative estimate of drug-likeness (QED) is 0.642. The van der Waals surface area contributed by atoms with Crippen LogP contribution in [0.5, 0.6) is 0 Å². The Kier molecular flexibility index (Phi) is 3.79. The zero-order valence-corrected chi connectivity index (χ0v) is 14.9. The van der Waals surface area contributed by atoms with Crippen LogP contribution in [0.4, 0.5) is 5.69 Å². The van der Waals surface area contributed by atoms with Crippen molar-refractivity contribution >= 4 is 34.5 Å². The van der Waals surface area contributed by atoms with E-state index in [2.05, 4.69) is 36.6 Å². The van der Waals surface area contributed by atoms with Gasteiger partial charge in [0, 0.05) is 17.0 Å². The fourth-order valence-corrected chi connectivity index (χ4v) is 4.03. The highest BCUT2D eigenvalue weighted by Gasteiger charge is 2.65. The van der Waals surface area contributed by atoms with Crippen LogP contribution in [0, 0.1) is 23.7 Å². The summed E-state index contributed by atoms with van der Waals surface area (Å²) in [5.74, 6) is 0.388. The molecule has 4 nitrogen and oxygen atoms in total. The van der Waals surface area contributed by atoms with E-state index >= 15 is 0 Å². The van der Waals surface area contributed by atoms with Gasteiger partial charge in [-0.25, -0.2) is 0 Å². The van der Waals surface area contributed by atoms with Crippen LogP contribution in [0.25, 0.3) is 0 Å². The van der Waals surface area contributed by atoms with E-state index in [4.69, 9.17) is 12.2 Å². The maximum Gasteiger partial charge on any atom is 0.191 e. The van der Waals surface area contributed by atoms with E-state index in [1.807, 2.05) is 31.2 Å². The number of nitrogens with one attached hydrogen (secondary N) is 2. The lowest BCUT2D eigenvalue weighted by Gasteiger charge is -2.31. The largest absolute Gasteiger partial charge is 0.331 e. The highest BCUT2D eigenvalue weighted by molar-refractivity contribution is 7.80. The molecule has 2 bridgehead atoms. The summed E-state index contributed by atoms with van der Waals surface area (Å²) in [7, 11) is 0. The summed E-state index contributed by atoms with van der Waals surface area (Å²) in [5, 5.41) is 7.84. The fourth-order valence-electron chi connectivity index (χ4n) is 3.86. The normalized spacial score (nSPS) is 29.8. The molecule has 2 aliphatic rings. The molecule has 0 amide bonds. The molecule has 2 aliphatic carbocycles. The third kappa shape index (κ3) is 2.47. The van der Waals surface area contributed by atoms with Crippen molar-refractivity contribution in [2.45, 2.75) is 40.5 Å². The number of Topliss-reactive ketones (excluding diaryl/α,β-unsaturated/α-hetero) is 1. The summed E-state index contributed by atoms with van der Waals surface area (Å²) in [6.07, 6.45) is 1.97. The van der Waals surface area contributed by atoms with Crippen LogP contribution < -0.4 is 10.7 Å². The number of nitrogens with zero attached hydrogens (tertiary/aromatic N) is 1. The first-order valence-corrected chi connectivity index (χ1v) is 8.42. The molecule has 0 unspecified atom stereocenters. The Labute approximate surface area is 142 Å². The van der Waals surface area contributed by atoms with Gasteiger partial charge in [0.05, 0.1) is 0 Å². The smallest absolute Gasteiger partial charge is 0.191 e. The number of hydrogen-bond acceptors (Lipinski definition) is 3. The van der Waals surface area contributed by atoms with E-state index in [1.54, 1.807) is 0 Å². The minimum absolute atomic E-state index is 0.0311. The number of rotatable bonds is 2. The maximum atomic E-state index is 12.7. The van der Waals surface area contributed by atoms with Crippen LogP contribution in [0.15, 0.2) is 29.4 Å². The standard InChI is InChI=1S/C18H23N3OS/c1-11-5-7-12(8-6-11)19-16(23)21-20-14-13-9-10-18(4,15(14)22)17(13,2)3/h5-8,13H,9-10H2,1-4H3,(H2,19,21,23)/b20-14+/t13-,18+/m1/s1. The van der Waals surface area contributed by atoms with Crippen molar-refractivity contribution < 1.29 is 4.79 Å². The Bertz CT molecular complexity index is 693. The van der Waals surface area contributed by atoms with Crippen LogP contribution >= 0.6 is 12.2 Å². The number of hydrogen-bond donors (Lipinski definition) is 2. The van der Waals surface area contributed by atoms with Gasteiger partial charge in [0.25, 0.3) is 0 Å². The Morgan fingerprint density at radius 3 is 2.48 bits per heavy atom. The zero-order chi connectivity index (χ0) is 16.8. The lowest BCUT2D eigenvalue weighted by Crippen LogP contribution is -2.34. The van der Waals surface area contributed by atoms with Crippen molar-refractivity contribution in [3.63, 3.8) is 0 Å². The Morgan fingerprint density at radius 1 is 1.26 bits per heavy atom. The van der Waals surface area contributed by atoms with E-state index < -0.39 is 0 Å². The molecule has 1 aromatic carbocycles. The highest BCUT2D eigenvalue weighted by Crippen LogP contribution is 2.62. The molecular formula is C18H23N3OS. The number of benzene rings is 1. The molecule has 0 aliphatic heterocycles. The molecule has 23 heavy (non-hydrogen) atoms. The Balaban J connectivity index is 1.70. The average molecular weight is 329 g/mol. The minimum atomic E-state index is -0.288. The maximum absolute atomic E-state index is 12.7. The van der Waals surface area contributed by atoms with Crippen LogP contribution in [0.1, 0.15) is 39.2 Å².